The van der Waals surface area contributed by atoms with Crippen molar-refractivity contribution < 1.29 is 23.1 Å². The van der Waals surface area contributed by atoms with Crippen LogP contribution in [0.1, 0.15) is 56.2 Å². The number of hydrogen-bond donors (Lipinski definition) is 1. The molecule has 1 aromatic rings. The molecule has 1 amide bonds. The molecular formula is C18H24F3N3O2. The number of alkyl halides is 3. The van der Waals surface area contributed by atoms with Gasteiger partial charge in [-0.1, -0.05) is 0 Å². The number of carbonyl (C=O) groups excluding carboxylic acids is 1. The Kier molecular flexibility index (Phi) is 3.75. The average molecular weight is 371 g/mol. The lowest BCUT2D eigenvalue weighted by molar-refractivity contribution is -0.161. The fourth-order valence-corrected chi connectivity index (χ4v) is 5.21. The van der Waals surface area contributed by atoms with Crippen molar-refractivity contribution >= 4 is 5.91 Å². The van der Waals surface area contributed by atoms with Crippen LogP contribution in [0.15, 0.2) is 6.20 Å². The van der Waals surface area contributed by atoms with Gasteiger partial charge in [-0.2, -0.15) is 18.3 Å². The van der Waals surface area contributed by atoms with Gasteiger partial charge in [-0.25, -0.2) is 0 Å². The molecule has 144 valence electrons. The van der Waals surface area contributed by atoms with Crippen molar-refractivity contribution in [1.82, 2.24) is 14.7 Å². The molecule has 1 spiro atoms. The number of aryl methyl sites for hydroxylation is 1. The zero-order chi connectivity index (χ0) is 18.9. The number of aromatic nitrogens is 2. The standard InChI is InChI=1S/C18H24F3N3O2/c1-16(26)5-12(6-16)15(25)24-9-17(10-24)4-3-11(7-17)13-8-22-23(2)14(13)18(19,20)21/h8,11-12,26H,3-7,9-10H2,1-2H3/t11-,12?,16?/m1/s1. The van der Waals surface area contributed by atoms with Crippen LogP contribution in [0.5, 0.6) is 0 Å². The van der Waals surface area contributed by atoms with E-state index >= 15 is 0 Å². The van der Waals surface area contributed by atoms with E-state index in [2.05, 4.69) is 5.10 Å². The number of halogens is 3. The number of aliphatic hydroxyl groups is 1. The third-order valence-corrected chi connectivity index (χ3v) is 6.46. The summed E-state index contributed by atoms with van der Waals surface area (Å²) >= 11 is 0. The van der Waals surface area contributed by atoms with Gasteiger partial charge in [-0.15, -0.1) is 0 Å². The molecule has 1 aliphatic heterocycles. The molecule has 2 heterocycles. The second-order valence-electron chi connectivity index (χ2n) is 8.81. The molecule has 26 heavy (non-hydrogen) atoms. The largest absolute Gasteiger partial charge is 0.433 e. The van der Waals surface area contributed by atoms with Gasteiger partial charge in [0, 0.05) is 37.0 Å². The lowest BCUT2D eigenvalue weighted by atomic mass is 9.69. The van der Waals surface area contributed by atoms with Crippen molar-refractivity contribution in [1.29, 1.82) is 0 Å². The van der Waals surface area contributed by atoms with Crippen molar-refractivity contribution in [2.24, 2.45) is 18.4 Å². The zero-order valence-corrected chi connectivity index (χ0v) is 15.0. The minimum absolute atomic E-state index is 0.0503. The van der Waals surface area contributed by atoms with E-state index in [1.807, 2.05) is 4.90 Å². The van der Waals surface area contributed by atoms with Crippen LogP contribution in [0.4, 0.5) is 13.2 Å². The maximum atomic E-state index is 13.3. The molecule has 0 radical (unpaired) electrons. The quantitative estimate of drug-likeness (QED) is 0.870. The Morgan fingerprint density at radius 3 is 2.54 bits per heavy atom. The van der Waals surface area contributed by atoms with Gasteiger partial charge in [0.05, 0.1) is 11.8 Å². The number of nitrogens with zero attached hydrogens (tertiary/aromatic N) is 3. The number of amides is 1. The van der Waals surface area contributed by atoms with Gasteiger partial charge in [0.1, 0.15) is 5.69 Å². The first-order chi connectivity index (χ1) is 12.0. The van der Waals surface area contributed by atoms with Gasteiger partial charge in [-0.3, -0.25) is 9.48 Å². The summed E-state index contributed by atoms with van der Waals surface area (Å²) < 4.78 is 40.9. The average Bonchev–Trinajstić information content (AvgIpc) is 3.05. The fourth-order valence-electron chi connectivity index (χ4n) is 5.21. The van der Waals surface area contributed by atoms with E-state index in [0.29, 0.717) is 38.8 Å². The molecule has 2 saturated carbocycles. The minimum Gasteiger partial charge on any atom is -0.390 e. The SMILES string of the molecule is Cn1ncc([C@@H]2CCC3(C2)CN(C(=O)C2CC(C)(O)C2)C3)c1C(F)(F)F. The van der Waals surface area contributed by atoms with E-state index in [-0.39, 0.29) is 28.7 Å². The number of rotatable bonds is 2. The lowest BCUT2D eigenvalue weighted by Crippen LogP contribution is -2.61. The normalized spacial score (nSPS) is 33.2. The van der Waals surface area contributed by atoms with Crippen molar-refractivity contribution in [3.8, 4) is 0 Å². The molecule has 1 saturated heterocycles. The Labute approximate surface area is 150 Å². The van der Waals surface area contributed by atoms with Crippen LogP contribution in [0.25, 0.3) is 0 Å². The predicted octanol–water partition coefficient (Wildman–Crippen LogP) is 2.70. The molecule has 2 aliphatic carbocycles. The highest BCUT2D eigenvalue weighted by Crippen LogP contribution is 2.54. The molecule has 3 aliphatic rings. The summed E-state index contributed by atoms with van der Waals surface area (Å²) in [4.78, 5) is 14.2. The van der Waals surface area contributed by atoms with Crippen LogP contribution < -0.4 is 0 Å². The lowest BCUT2D eigenvalue weighted by Gasteiger charge is -2.52. The number of carbonyl (C=O) groups is 1. The summed E-state index contributed by atoms with van der Waals surface area (Å²) in [6.45, 7) is 2.99. The fraction of sp³-hybridized carbons (Fsp3) is 0.778. The molecule has 1 N–H and O–H groups in total. The van der Waals surface area contributed by atoms with Gasteiger partial charge in [0.25, 0.3) is 0 Å². The summed E-state index contributed by atoms with van der Waals surface area (Å²) in [7, 11) is 1.33. The Morgan fingerprint density at radius 1 is 1.31 bits per heavy atom. The molecular weight excluding hydrogens is 347 g/mol. The predicted molar refractivity (Wildman–Crippen MR) is 87.2 cm³/mol. The molecule has 8 heteroatoms. The zero-order valence-electron chi connectivity index (χ0n) is 15.0. The van der Waals surface area contributed by atoms with Gasteiger partial charge in [0.2, 0.25) is 5.91 Å². The third-order valence-electron chi connectivity index (χ3n) is 6.46. The van der Waals surface area contributed by atoms with E-state index in [4.69, 9.17) is 0 Å². The third kappa shape index (κ3) is 2.82. The Balaban J connectivity index is 1.40. The van der Waals surface area contributed by atoms with Crippen LogP contribution in [0.3, 0.4) is 0 Å². The van der Waals surface area contributed by atoms with Crippen molar-refractivity contribution in [2.45, 2.75) is 56.7 Å². The monoisotopic (exact) mass is 371 g/mol. The molecule has 4 rings (SSSR count). The van der Waals surface area contributed by atoms with Crippen LogP contribution in [0.2, 0.25) is 0 Å². The van der Waals surface area contributed by atoms with E-state index in [1.54, 1.807) is 6.92 Å². The van der Waals surface area contributed by atoms with Crippen molar-refractivity contribution in [2.75, 3.05) is 13.1 Å². The first kappa shape index (κ1) is 17.8. The number of likely N-dealkylation sites (tertiary alicyclic amines) is 1. The molecule has 0 unspecified atom stereocenters. The maximum absolute atomic E-state index is 13.3. The van der Waals surface area contributed by atoms with Gasteiger partial charge >= 0.3 is 6.18 Å². The van der Waals surface area contributed by atoms with Crippen LogP contribution in [0, 0.1) is 11.3 Å². The molecule has 0 bridgehead atoms. The van der Waals surface area contributed by atoms with Gasteiger partial charge < -0.3 is 10.0 Å². The van der Waals surface area contributed by atoms with Gasteiger partial charge in [0.15, 0.2) is 0 Å². The van der Waals surface area contributed by atoms with Crippen LogP contribution in [-0.4, -0.2) is 44.4 Å². The van der Waals surface area contributed by atoms with Gasteiger partial charge in [-0.05, 0) is 44.9 Å². The second-order valence-corrected chi connectivity index (χ2v) is 8.81. The van der Waals surface area contributed by atoms with Crippen molar-refractivity contribution in [3.63, 3.8) is 0 Å². The van der Waals surface area contributed by atoms with E-state index in [0.717, 1.165) is 11.1 Å². The molecule has 1 atom stereocenters. The van der Waals surface area contributed by atoms with E-state index in [9.17, 15) is 23.1 Å². The Hall–Kier alpha value is -1.57. The Morgan fingerprint density at radius 2 is 1.96 bits per heavy atom. The minimum atomic E-state index is -4.40. The topological polar surface area (TPSA) is 58.4 Å². The highest BCUT2D eigenvalue weighted by molar-refractivity contribution is 5.81. The van der Waals surface area contributed by atoms with Crippen LogP contribution in [-0.2, 0) is 18.0 Å². The molecule has 0 aromatic carbocycles. The van der Waals surface area contributed by atoms with E-state index < -0.39 is 17.5 Å². The maximum Gasteiger partial charge on any atom is 0.433 e. The summed E-state index contributed by atoms with van der Waals surface area (Å²) in [6, 6.07) is 0. The first-order valence-electron chi connectivity index (χ1n) is 9.10. The van der Waals surface area contributed by atoms with Crippen LogP contribution >= 0.6 is 0 Å². The summed E-state index contributed by atoms with van der Waals surface area (Å²) in [6.07, 6.45) is 0.174. The smallest absolute Gasteiger partial charge is 0.390 e. The summed E-state index contributed by atoms with van der Waals surface area (Å²) in [5, 5.41) is 13.6. The first-order valence-corrected chi connectivity index (χ1v) is 9.10. The highest BCUT2D eigenvalue weighted by Gasteiger charge is 2.54. The Bertz CT molecular complexity index is 727. The summed E-state index contributed by atoms with van der Waals surface area (Å²) in [5.41, 5.74) is -1.14. The molecule has 3 fully saturated rings. The summed E-state index contributed by atoms with van der Waals surface area (Å²) in [5.74, 6) is -0.167. The molecule has 1 aromatic heterocycles. The molecule has 5 nitrogen and oxygen atoms in total. The van der Waals surface area contributed by atoms with E-state index in [1.165, 1.54) is 13.2 Å². The highest BCUT2D eigenvalue weighted by atomic mass is 19.4. The van der Waals surface area contributed by atoms with Crippen molar-refractivity contribution in [3.05, 3.63) is 17.5 Å². The second kappa shape index (κ2) is 5.47. The number of hydrogen-bond acceptors (Lipinski definition) is 3.